The maximum atomic E-state index is 13.1. The Morgan fingerprint density at radius 2 is 1.97 bits per heavy atom. The topological polar surface area (TPSA) is 69.5 Å². The van der Waals surface area contributed by atoms with Crippen molar-refractivity contribution in [3.05, 3.63) is 67.0 Å². The van der Waals surface area contributed by atoms with Crippen LogP contribution in [-0.4, -0.2) is 40.4 Å². The van der Waals surface area contributed by atoms with Crippen molar-refractivity contribution in [2.45, 2.75) is 13.5 Å². The second-order valence-electron chi connectivity index (χ2n) is 6.45. The largest absolute Gasteiger partial charge is 0.492 e. The Bertz CT molecular complexity index is 1100. The molecule has 0 saturated heterocycles. The van der Waals surface area contributed by atoms with E-state index in [1.54, 1.807) is 15.8 Å². The highest BCUT2D eigenvalue weighted by Crippen LogP contribution is 2.34. The lowest BCUT2D eigenvalue weighted by atomic mass is 10.3. The molecule has 0 saturated carbocycles. The normalized spacial score (nSPS) is 10.8. The van der Waals surface area contributed by atoms with Crippen molar-refractivity contribution in [2.24, 2.45) is 0 Å². The summed E-state index contributed by atoms with van der Waals surface area (Å²) in [5.41, 5.74) is 0.764. The molecule has 4 aromatic rings. The van der Waals surface area contributed by atoms with Gasteiger partial charge in [0.2, 0.25) is 0 Å². The fourth-order valence-corrected chi connectivity index (χ4v) is 4.03. The van der Waals surface area contributed by atoms with Gasteiger partial charge in [-0.2, -0.15) is 5.10 Å². The van der Waals surface area contributed by atoms with Gasteiger partial charge in [-0.15, -0.1) is 0 Å². The van der Waals surface area contributed by atoms with Crippen LogP contribution in [0.3, 0.4) is 0 Å². The molecule has 7 nitrogen and oxygen atoms in total. The molecule has 0 aliphatic heterocycles. The van der Waals surface area contributed by atoms with E-state index >= 15 is 0 Å². The summed E-state index contributed by atoms with van der Waals surface area (Å²) < 4.78 is 14.1. The number of benzene rings is 2. The number of nitrogens with zero attached hydrogens (tertiary/aromatic N) is 4. The molecule has 154 valence electrons. The van der Waals surface area contributed by atoms with Crippen LogP contribution in [0.2, 0.25) is 0 Å². The van der Waals surface area contributed by atoms with Crippen LogP contribution in [0, 0.1) is 0 Å². The molecule has 0 radical (unpaired) electrons. The zero-order valence-electron chi connectivity index (χ0n) is 16.6. The number of carbonyl (C=O) groups excluding carboxylic acids is 1. The van der Waals surface area contributed by atoms with Gasteiger partial charge in [-0.3, -0.25) is 14.4 Å². The third kappa shape index (κ3) is 4.60. The summed E-state index contributed by atoms with van der Waals surface area (Å²) in [7, 11) is 0. The molecule has 2 aromatic heterocycles. The van der Waals surface area contributed by atoms with Gasteiger partial charge in [0.25, 0.3) is 5.91 Å². The number of carbonyl (C=O) groups is 1. The van der Waals surface area contributed by atoms with Crippen LogP contribution in [0.25, 0.3) is 10.2 Å². The number of para-hydroxylation sites is 2. The zero-order valence-corrected chi connectivity index (χ0v) is 17.4. The molecule has 30 heavy (non-hydrogen) atoms. The highest BCUT2D eigenvalue weighted by molar-refractivity contribution is 7.22. The fourth-order valence-electron chi connectivity index (χ4n) is 3.00. The fraction of sp³-hybridized carbons (Fsp3) is 0.227. The molecular formula is C22H22N4O3S. The van der Waals surface area contributed by atoms with Crippen molar-refractivity contribution >= 4 is 32.6 Å². The summed E-state index contributed by atoms with van der Waals surface area (Å²) in [6, 6.07) is 17.0. The van der Waals surface area contributed by atoms with E-state index in [0.717, 1.165) is 16.0 Å². The number of thiazole rings is 1. The minimum absolute atomic E-state index is 0.0721. The Hall–Kier alpha value is -3.39. The van der Waals surface area contributed by atoms with Crippen molar-refractivity contribution in [1.82, 2.24) is 14.8 Å². The standard InChI is InChI=1S/C22H22N4O3S/c1-2-28-18-10-6-11-19-21(18)24-22(30-19)26(15-14-25-13-7-12-23-25)20(27)16-29-17-8-4-3-5-9-17/h3-13H,2,14-16H2,1H3. The molecule has 2 aromatic carbocycles. The number of ether oxygens (including phenoxy) is 2. The summed E-state index contributed by atoms with van der Waals surface area (Å²) in [5, 5.41) is 4.84. The average Bonchev–Trinajstić information content (AvgIpc) is 3.44. The molecule has 0 fully saturated rings. The van der Waals surface area contributed by atoms with E-state index in [9.17, 15) is 4.79 Å². The van der Waals surface area contributed by atoms with Gasteiger partial charge < -0.3 is 9.47 Å². The Morgan fingerprint density at radius 1 is 1.10 bits per heavy atom. The Kier molecular flexibility index (Phi) is 6.24. The van der Waals surface area contributed by atoms with Gasteiger partial charge in [-0.25, -0.2) is 4.98 Å². The van der Waals surface area contributed by atoms with Crippen LogP contribution in [0.4, 0.5) is 5.13 Å². The lowest BCUT2D eigenvalue weighted by Gasteiger charge is -2.20. The number of amides is 1. The first-order valence-electron chi connectivity index (χ1n) is 9.72. The van der Waals surface area contributed by atoms with E-state index in [-0.39, 0.29) is 12.5 Å². The van der Waals surface area contributed by atoms with Crippen LogP contribution < -0.4 is 14.4 Å². The van der Waals surface area contributed by atoms with E-state index in [4.69, 9.17) is 14.5 Å². The molecule has 0 aliphatic carbocycles. The first-order chi connectivity index (χ1) is 14.7. The van der Waals surface area contributed by atoms with Gasteiger partial charge in [0.1, 0.15) is 17.0 Å². The van der Waals surface area contributed by atoms with E-state index in [0.29, 0.717) is 30.6 Å². The summed E-state index contributed by atoms with van der Waals surface area (Å²) in [6.07, 6.45) is 3.59. The first kappa shape index (κ1) is 19.9. The van der Waals surface area contributed by atoms with Gasteiger partial charge in [0.05, 0.1) is 17.9 Å². The monoisotopic (exact) mass is 422 g/mol. The van der Waals surface area contributed by atoms with Gasteiger partial charge in [-0.05, 0) is 37.3 Å². The highest BCUT2D eigenvalue weighted by Gasteiger charge is 2.21. The summed E-state index contributed by atoms with van der Waals surface area (Å²) in [5.74, 6) is 1.21. The van der Waals surface area contributed by atoms with E-state index in [1.807, 2.05) is 67.7 Å². The Labute approximate surface area is 178 Å². The van der Waals surface area contributed by atoms with Crippen molar-refractivity contribution in [3.63, 3.8) is 0 Å². The number of aromatic nitrogens is 3. The summed E-state index contributed by atoms with van der Waals surface area (Å²) >= 11 is 1.46. The minimum atomic E-state index is -0.164. The minimum Gasteiger partial charge on any atom is -0.492 e. The SMILES string of the molecule is CCOc1cccc2sc(N(CCn3cccn3)C(=O)COc3ccccc3)nc12. The van der Waals surface area contributed by atoms with Crippen molar-refractivity contribution in [1.29, 1.82) is 0 Å². The predicted octanol–water partition coefficient (Wildman–Crippen LogP) is 4.00. The smallest absolute Gasteiger partial charge is 0.266 e. The molecule has 0 N–H and O–H groups in total. The molecular weight excluding hydrogens is 400 g/mol. The second kappa shape index (κ2) is 9.41. The molecule has 0 aliphatic rings. The van der Waals surface area contributed by atoms with Gasteiger partial charge >= 0.3 is 0 Å². The number of hydrogen-bond acceptors (Lipinski definition) is 6. The van der Waals surface area contributed by atoms with Crippen LogP contribution in [0.1, 0.15) is 6.92 Å². The van der Waals surface area contributed by atoms with Crippen molar-refractivity contribution in [2.75, 3.05) is 24.7 Å². The molecule has 0 atom stereocenters. The average molecular weight is 423 g/mol. The number of hydrogen-bond donors (Lipinski definition) is 0. The van der Waals surface area contributed by atoms with Crippen LogP contribution >= 0.6 is 11.3 Å². The molecule has 0 unspecified atom stereocenters. The predicted molar refractivity (Wildman–Crippen MR) is 117 cm³/mol. The molecule has 2 heterocycles. The maximum absolute atomic E-state index is 13.1. The third-order valence-electron chi connectivity index (χ3n) is 4.42. The Balaban J connectivity index is 1.58. The quantitative estimate of drug-likeness (QED) is 0.408. The lowest BCUT2D eigenvalue weighted by Crippen LogP contribution is -2.37. The maximum Gasteiger partial charge on any atom is 0.266 e. The Morgan fingerprint density at radius 3 is 2.73 bits per heavy atom. The molecule has 0 bridgehead atoms. The third-order valence-corrected chi connectivity index (χ3v) is 5.46. The summed E-state index contributed by atoms with van der Waals surface area (Å²) in [6.45, 7) is 3.41. The molecule has 0 spiro atoms. The van der Waals surface area contributed by atoms with Gasteiger partial charge in [0.15, 0.2) is 11.7 Å². The van der Waals surface area contributed by atoms with Crippen molar-refractivity contribution in [3.8, 4) is 11.5 Å². The zero-order chi connectivity index (χ0) is 20.8. The van der Waals surface area contributed by atoms with Gasteiger partial charge in [0, 0.05) is 18.9 Å². The second-order valence-corrected chi connectivity index (χ2v) is 7.46. The van der Waals surface area contributed by atoms with E-state index < -0.39 is 0 Å². The summed E-state index contributed by atoms with van der Waals surface area (Å²) in [4.78, 5) is 19.4. The van der Waals surface area contributed by atoms with E-state index in [1.165, 1.54) is 11.3 Å². The van der Waals surface area contributed by atoms with E-state index in [2.05, 4.69) is 5.10 Å². The van der Waals surface area contributed by atoms with Crippen LogP contribution in [-0.2, 0) is 11.3 Å². The van der Waals surface area contributed by atoms with Crippen molar-refractivity contribution < 1.29 is 14.3 Å². The lowest BCUT2D eigenvalue weighted by molar-refractivity contribution is -0.120. The highest BCUT2D eigenvalue weighted by atomic mass is 32.1. The van der Waals surface area contributed by atoms with Crippen LogP contribution in [0.5, 0.6) is 11.5 Å². The number of rotatable bonds is 9. The molecule has 1 amide bonds. The molecule has 4 rings (SSSR count). The van der Waals surface area contributed by atoms with Gasteiger partial charge in [-0.1, -0.05) is 35.6 Å². The first-order valence-corrected chi connectivity index (χ1v) is 10.5. The number of fused-ring (bicyclic) bond motifs is 1. The number of anilines is 1. The van der Waals surface area contributed by atoms with Crippen LogP contribution in [0.15, 0.2) is 67.0 Å². The molecule has 8 heteroatoms.